The summed E-state index contributed by atoms with van der Waals surface area (Å²) < 4.78 is 2.06. The monoisotopic (exact) mass is 339 g/mol. The maximum absolute atomic E-state index is 12.9. The number of aromatic nitrogens is 1. The first-order valence-corrected chi connectivity index (χ1v) is 9.13. The van der Waals surface area contributed by atoms with Crippen molar-refractivity contribution >= 4 is 22.7 Å². The fourth-order valence-corrected chi connectivity index (χ4v) is 4.39. The van der Waals surface area contributed by atoms with Crippen LogP contribution in [0.25, 0.3) is 10.9 Å². The lowest BCUT2D eigenvalue weighted by atomic mass is 9.77. The first-order valence-electron chi connectivity index (χ1n) is 9.13. The molecular formula is C20H25N3O2. The Morgan fingerprint density at radius 3 is 2.64 bits per heavy atom. The van der Waals surface area contributed by atoms with Gasteiger partial charge in [0.1, 0.15) is 0 Å². The Labute approximate surface area is 148 Å². The molecule has 2 amide bonds. The zero-order valence-electron chi connectivity index (χ0n) is 15.0. The van der Waals surface area contributed by atoms with Crippen LogP contribution >= 0.6 is 0 Å². The van der Waals surface area contributed by atoms with Crippen LogP contribution in [-0.2, 0) is 11.8 Å². The van der Waals surface area contributed by atoms with Gasteiger partial charge in [0.15, 0.2) is 0 Å². The van der Waals surface area contributed by atoms with Crippen LogP contribution in [0, 0.1) is 5.41 Å². The van der Waals surface area contributed by atoms with Crippen molar-refractivity contribution in [2.24, 2.45) is 12.5 Å². The molecule has 3 heterocycles. The zero-order valence-corrected chi connectivity index (χ0v) is 15.0. The number of hydrogen-bond donors (Lipinski definition) is 0. The van der Waals surface area contributed by atoms with E-state index >= 15 is 0 Å². The largest absolute Gasteiger partial charge is 0.351 e. The molecule has 2 aromatic rings. The fraction of sp³-hybridized carbons (Fsp3) is 0.500. The van der Waals surface area contributed by atoms with E-state index in [1.807, 2.05) is 54.2 Å². The molecule has 1 spiro atoms. The van der Waals surface area contributed by atoms with Gasteiger partial charge in [0.2, 0.25) is 5.91 Å². The highest BCUT2D eigenvalue weighted by Gasteiger charge is 2.44. The van der Waals surface area contributed by atoms with Crippen LogP contribution in [0.5, 0.6) is 0 Å². The molecule has 0 atom stereocenters. The number of likely N-dealkylation sites (tertiary alicyclic amines) is 2. The molecule has 0 saturated carbocycles. The Morgan fingerprint density at radius 1 is 1.20 bits per heavy atom. The molecule has 25 heavy (non-hydrogen) atoms. The fourth-order valence-electron chi connectivity index (χ4n) is 4.39. The van der Waals surface area contributed by atoms with E-state index < -0.39 is 0 Å². The Hall–Kier alpha value is -2.30. The summed E-state index contributed by atoms with van der Waals surface area (Å²) in [6.45, 7) is 5.18. The second kappa shape index (κ2) is 5.90. The number of piperidine rings is 1. The Bertz CT molecular complexity index is 831. The topological polar surface area (TPSA) is 45.5 Å². The number of fused-ring (bicyclic) bond motifs is 1. The minimum atomic E-state index is 0.0905. The molecule has 0 unspecified atom stereocenters. The highest BCUT2D eigenvalue weighted by Crippen LogP contribution is 2.41. The van der Waals surface area contributed by atoms with Crippen LogP contribution in [0.3, 0.4) is 0 Å². The molecule has 2 saturated heterocycles. The number of carbonyl (C=O) groups is 2. The van der Waals surface area contributed by atoms with Crippen LogP contribution in [0.15, 0.2) is 30.5 Å². The summed E-state index contributed by atoms with van der Waals surface area (Å²) in [5.74, 6) is 0.383. The Balaban J connectivity index is 1.46. The van der Waals surface area contributed by atoms with Gasteiger partial charge in [0.05, 0.1) is 0 Å². The maximum Gasteiger partial charge on any atom is 0.253 e. The van der Waals surface area contributed by atoms with Crippen molar-refractivity contribution in [3.8, 4) is 0 Å². The van der Waals surface area contributed by atoms with E-state index in [-0.39, 0.29) is 17.2 Å². The number of amides is 2. The SMILES string of the molecule is CCN1CC2(CCN(C(=O)c3ccc4c(ccn4C)c3)CC2)CC1=O. The third kappa shape index (κ3) is 2.71. The van der Waals surface area contributed by atoms with E-state index in [1.165, 1.54) is 0 Å². The summed E-state index contributed by atoms with van der Waals surface area (Å²) in [6.07, 6.45) is 4.52. The third-order valence-electron chi connectivity index (χ3n) is 6.03. The lowest BCUT2D eigenvalue weighted by molar-refractivity contribution is -0.127. The molecule has 1 aromatic heterocycles. The number of rotatable bonds is 2. The number of hydrogen-bond acceptors (Lipinski definition) is 2. The molecule has 2 aliphatic rings. The van der Waals surface area contributed by atoms with Gasteiger partial charge in [-0.3, -0.25) is 9.59 Å². The molecule has 5 heteroatoms. The lowest BCUT2D eigenvalue weighted by Crippen LogP contribution is -2.44. The first-order chi connectivity index (χ1) is 12.0. The van der Waals surface area contributed by atoms with Crippen LogP contribution < -0.4 is 0 Å². The third-order valence-corrected chi connectivity index (χ3v) is 6.03. The number of nitrogens with zero attached hydrogens (tertiary/aromatic N) is 3. The molecule has 0 radical (unpaired) electrons. The zero-order chi connectivity index (χ0) is 17.6. The quantitative estimate of drug-likeness (QED) is 0.844. The van der Waals surface area contributed by atoms with Crippen molar-refractivity contribution in [1.82, 2.24) is 14.4 Å². The second-order valence-corrected chi connectivity index (χ2v) is 7.58. The Morgan fingerprint density at radius 2 is 1.96 bits per heavy atom. The highest BCUT2D eigenvalue weighted by atomic mass is 16.2. The van der Waals surface area contributed by atoms with E-state index in [9.17, 15) is 9.59 Å². The smallest absolute Gasteiger partial charge is 0.253 e. The van der Waals surface area contributed by atoms with Crippen molar-refractivity contribution in [1.29, 1.82) is 0 Å². The van der Waals surface area contributed by atoms with Gasteiger partial charge in [0.25, 0.3) is 5.91 Å². The summed E-state index contributed by atoms with van der Waals surface area (Å²) in [5.41, 5.74) is 1.98. The minimum absolute atomic E-state index is 0.0905. The summed E-state index contributed by atoms with van der Waals surface area (Å²) in [4.78, 5) is 28.9. The van der Waals surface area contributed by atoms with E-state index in [0.29, 0.717) is 6.42 Å². The predicted molar refractivity (Wildman–Crippen MR) is 97.4 cm³/mol. The molecule has 4 rings (SSSR count). The van der Waals surface area contributed by atoms with Crippen molar-refractivity contribution in [2.45, 2.75) is 26.2 Å². The molecule has 0 N–H and O–H groups in total. The Kier molecular flexibility index (Phi) is 3.82. The molecule has 2 fully saturated rings. The highest BCUT2D eigenvalue weighted by molar-refractivity contribution is 5.98. The first kappa shape index (κ1) is 16.2. The molecule has 1 aromatic carbocycles. The maximum atomic E-state index is 12.9. The van der Waals surface area contributed by atoms with E-state index in [2.05, 4.69) is 4.57 Å². The van der Waals surface area contributed by atoms with Crippen LogP contribution in [0.4, 0.5) is 0 Å². The number of benzene rings is 1. The van der Waals surface area contributed by atoms with Crippen LogP contribution in [0.2, 0.25) is 0 Å². The second-order valence-electron chi connectivity index (χ2n) is 7.58. The molecule has 0 bridgehead atoms. The van der Waals surface area contributed by atoms with E-state index in [1.54, 1.807) is 0 Å². The van der Waals surface area contributed by atoms with Crippen molar-refractivity contribution in [3.63, 3.8) is 0 Å². The van der Waals surface area contributed by atoms with Gasteiger partial charge in [-0.2, -0.15) is 0 Å². The van der Waals surface area contributed by atoms with Crippen molar-refractivity contribution in [3.05, 3.63) is 36.0 Å². The standard InChI is InChI=1S/C20H25N3O2/c1-3-22-14-20(13-18(22)24)7-10-23(11-8-20)19(25)16-4-5-17-15(12-16)6-9-21(17)2/h4-6,9,12H,3,7-8,10-11,13-14H2,1-2H3. The van der Waals surface area contributed by atoms with Gasteiger partial charge < -0.3 is 14.4 Å². The average molecular weight is 339 g/mol. The van der Waals surface area contributed by atoms with Gasteiger partial charge >= 0.3 is 0 Å². The van der Waals surface area contributed by atoms with E-state index in [4.69, 9.17) is 0 Å². The molecule has 5 nitrogen and oxygen atoms in total. The predicted octanol–water partition coefficient (Wildman–Crippen LogP) is 2.65. The van der Waals surface area contributed by atoms with Gasteiger partial charge in [-0.15, -0.1) is 0 Å². The molecule has 0 aliphatic carbocycles. The summed E-state index contributed by atoms with van der Waals surface area (Å²) in [7, 11) is 2.01. The number of aryl methyl sites for hydroxylation is 1. The lowest BCUT2D eigenvalue weighted by Gasteiger charge is -2.38. The average Bonchev–Trinajstić information content (AvgIpc) is 3.15. The minimum Gasteiger partial charge on any atom is -0.351 e. The molecular weight excluding hydrogens is 314 g/mol. The van der Waals surface area contributed by atoms with Crippen molar-refractivity contribution in [2.75, 3.05) is 26.2 Å². The summed E-state index contributed by atoms with van der Waals surface area (Å²) >= 11 is 0. The van der Waals surface area contributed by atoms with E-state index in [0.717, 1.165) is 55.5 Å². The van der Waals surface area contributed by atoms with Gasteiger partial charge in [-0.1, -0.05) is 0 Å². The summed E-state index contributed by atoms with van der Waals surface area (Å²) in [6, 6.07) is 7.97. The van der Waals surface area contributed by atoms with Crippen LogP contribution in [-0.4, -0.2) is 52.4 Å². The molecule has 132 valence electrons. The van der Waals surface area contributed by atoms with Crippen molar-refractivity contribution < 1.29 is 9.59 Å². The number of carbonyl (C=O) groups excluding carboxylic acids is 2. The summed E-state index contributed by atoms with van der Waals surface area (Å²) in [5, 5.41) is 1.10. The van der Waals surface area contributed by atoms with Gasteiger partial charge in [0, 0.05) is 67.7 Å². The van der Waals surface area contributed by atoms with Gasteiger partial charge in [-0.25, -0.2) is 0 Å². The van der Waals surface area contributed by atoms with Crippen LogP contribution in [0.1, 0.15) is 36.5 Å². The van der Waals surface area contributed by atoms with Gasteiger partial charge in [-0.05, 0) is 44.0 Å². The normalized spacial score (nSPS) is 20.0. The molecule has 2 aliphatic heterocycles.